The minimum absolute atomic E-state index is 0.0672. The molecule has 1 N–H and O–H groups in total. The van der Waals surface area contributed by atoms with Gasteiger partial charge >= 0.3 is 6.18 Å². The maximum atomic E-state index is 12.5. The molecule has 1 aromatic carbocycles. The van der Waals surface area contributed by atoms with E-state index in [9.17, 15) is 18.0 Å². The molecule has 0 aliphatic heterocycles. The summed E-state index contributed by atoms with van der Waals surface area (Å²) in [7, 11) is 0. The smallest absolute Gasteiger partial charge is 0.351 e. The molecule has 0 bridgehead atoms. The number of rotatable bonds is 3. The third kappa shape index (κ3) is 4.33. The lowest BCUT2D eigenvalue weighted by atomic mass is 10.1. The van der Waals surface area contributed by atoms with Gasteiger partial charge in [-0.1, -0.05) is 28.1 Å². The Labute approximate surface area is 112 Å². The number of carbonyl (C=O) groups excluding carboxylic acids is 1. The van der Waals surface area contributed by atoms with Crippen molar-refractivity contribution < 1.29 is 18.0 Å². The van der Waals surface area contributed by atoms with Crippen molar-refractivity contribution in [2.75, 3.05) is 0 Å². The Morgan fingerprint density at radius 3 is 2.44 bits per heavy atom. The van der Waals surface area contributed by atoms with Crippen molar-refractivity contribution in [1.29, 1.82) is 0 Å². The van der Waals surface area contributed by atoms with E-state index in [0.29, 0.717) is 5.56 Å². The summed E-state index contributed by atoms with van der Waals surface area (Å²) >= 11 is 3.17. The summed E-state index contributed by atoms with van der Waals surface area (Å²) in [6, 6.07) is 4.89. The van der Waals surface area contributed by atoms with Crippen molar-refractivity contribution in [3.63, 3.8) is 0 Å². The van der Waals surface area contributed by atoms with Gasteiger partial charge in [0.25, 0.3) is 0 Å². The molecule has 0 unspecified atom stereocenters. The Bertz CT molecular complexity index is 438. The van der Waals surface area contributed by atoms with Gasteiger partial charge in [0.15, 0.2) is 0 Å². The number of carbonyl (C=O) groups is 1. The molecule has 0 heterocycles. The Hall–Kier alpha value is -1.04. The van der Waals surface area contributed by atoms with Gasteiger partial charge < -0.3 is 5.32 Å². The van der Waals surface area contributed by atoms with Gasteiger partial charge in [-0.05, 0) is 31.5 Å². The van der Waals surface area contributed by atoms with Crippen LogP contribution in [-0.4, -0.2) is 10.2 Å². The van der Waals surface area contributed by atoms with E-state index in [1.54, 1.807) is 13.8 Å². The molecule has 6 heteroatoms. The van der Waals surface area contributed by atoms with Gasteiger partial charge in [0.1, 0.15) is 0 Å². The first-order valence-electron chi connectivity index (χ1n) is 5.24. The molecule has 0 fully saturated rings. The van der Waals surface area contributed by atoms with Crippen LogP contribution in [0.25, 0.3) is 0 Å². The van der Waals surface area contributed by atoms with Crippen LogP contribution in [0.1, 0.15) is 25.0 Å². The van der Waals surface area contributed by atoms with E-state index in [1.807, 2.05) is 0 Å². The monoisotopic (exact) mass is 323 g/mol. The number of halogens is 4. The molecule has 1 rings (SSSR count). The van der Waals surface area contributed by atoms with Gasteiger partial charge in [-0.15, -0.1) is 0 Å². The average molecular weight is 324 g/mol. The first-order chi connectivity index (χ1) is 8.10. The van der Waals surface area contributed by atoms with E-state index in [0.717, 1.165) is 12.1 Å². The molecule has 0 aliphatic carbocycles. The van der Waals surface area contributed by atoms with Crippen molar-refractivity contribution >= 4 is 21.8 Å². The molecule has 0 aromatic heterocycles. The van der Waals surface area contributed by atoms with E-state index in [1.165, 1.54) is 12.1 Å². The average Bonchev–Trinajstić information content (AvgIpc) is 2.23. The van der Waals surface area contributed by atoms with Gasteiger partial charge in [0, 0.05) is 6.54 Å². The number of nitrogens with one attached hydrogen (secondary N) is 1. The van der Waals surface area contributed by atoms with Crippen molar-refractivity contribution in [3.05, 3.63) is 35.4 Å². The highest BCUT2D eigenvalue weighted by Gasteiger charge is 2.30. The molecule has 1 amide bonds. The van der Waals surface area contributed by atoms with Crippen LogP contribution in [0.15, 0.2) is 24.3 Å². The quantitative estimate of drug-likeness (QED) is 0.847. The SMILES string of the molecule is CC(C)(Br)C(=O)NCc1cccc(C(F)(F)F)c1. The summed E-state index contributed by atoms with van der Waals surface area (Å²) in [5.41, 5.74) is -0.303. The first-order valence-corrected chi connectivity index (χ1v) is 6.03. The second kappa shape index (κ2) is 5.30. The molecule has 1 aromatic rings. The van der Waals surface area contributed by atoms with Crippen LogP contribution in [-0.2, 0) is 17.5 Å². The molecule has 0 saturated carbocycles. The van der Waals surface area contributed by atoms with E-state index in [4.69, 9.17) is 0 Å². The zero-order valence-corrected chi connectivity index (χ0v) is 11.5. The number of hydrogen-bond acceptors (Lipinski definition) is 1. The van der Waals surface area contributed by atoms with Crippen molar-refractivity contribution in [2.24, 2.45) is 0 Å². The highest BCUT2D eigenvalue weighted by Crippen LogP contribution is 2.29. The van der Waals surface area contributed by atoms with Gasteiger partial charge in [-0.3, -0.25) is 4.79 Å². The molecule has 18 heavy (non-hydrogen) atoms. The number of hydrogen-bond donors (Lipinski definition) is 1. The van der Waals surface area contributed by atoms with Gasteiger partial charge in [-0.25, -0.2) is 0 Å². The largest absolute Gasteiger partial charge is 0.416 e. The predicted octanol–water partition coefficient (Wildman–Crippen LogP) is 3.50. The summed E-state index contributed by atoms with van der Waals surface area (Å²) in [4.78, 5) is 11.5. The van der Waals surface area contributed by atoms with Crippen molar-refractivity contribution in [3.8, 4) is 0 Å². The third-order valence-electron chi connectivity index (χ3n) is 2.25. The van der Waals surface area contributed by atoms with Gasteiger partial charge in [0.05, 0.1) is 9.89 Å². The van der Waals surface area contributed by atoms with Crippen LogP contribution in [0.5, 0.6) is 0 Å². The number of amides is 1. The van der Waals surface area contributed by atoms with Crippen LogP contribution >= 0.6 is 15.9 Å². The van der Waals surface area contributed by atoms with E-state index in [-0.39, 0.29) is 12.5 Å². The van der Waals surface area contributed by atoms with Crippen molar-refractivity contribution in [2.45, 2.75) is 30.9 Å². The zero-order chi connectivity index (χ0) is 14.0. The van der Waals surface area contributed by atoms with Crippen molar-refractivity contribution in [1.82, 2.24) is 5.32 Å². The van der Waals surface area contributed by atoms with Gasteiger partial charge in [-0.2, -0.15) is 13.2 Å². The summed E-state index contributed by atoms with van der Waals surface area (Å²) in [5, 5.41) is 2.56. The Kier molecular flexibility index (Phi) is 4.42. The summed E-state index contributed by atoms with van der Waals surface area (Å²) < 4.78 is 36.6. The molecule has 0 spiro atoms. The molecule has 0 atom stereocenters. The van der Waals surface area contributed by atoms with E-state index >= 15 is 0 Å². The van der Waals surface area contributed by atoms with Gasteiger partial charge in [0.2, 0.25) is 5.91 Å². The minimum atomic E-state index is -4.37. The minimum Gasteiger partial charge on any atom is -0.351 e. The highest BCUT2D eigenvalue weighted by molar-refractivity contribution is 9.10. The predicted molar refractivity (Wildman–Crippen MR) is 66.3 cm³/mol. The van der Waals surface area contributed by atoms with E-state index in [2.05, 4.69) is 21.2 Å². The summed E-state index contributed by atoms with van der Waals surface area (Å²) in [5.74, 6) is -0.278. The lowest BCUT2D eigenvalue weighted by Crippen LogP contribution is -2.37. The number of benzene rings is 1. The Balaban J connectivity index is 2.73. The maximum Gasteiger partial charge on any atom is 0.416 e. The van der Waals surface area contributed by atoms with Crippen LogP contribution in [0, 0.1) is 0 Å². The third-order valence-corrected chi connectivity index (χ3v) is 2.61. The molecule has 0 radical (unpaired) electrons. The highest BCUT2D eigenvalue weighted by atomic mass is 79.9. The van der Waals surface area contributed by atoms with Crippen LogP contribution < -0.4 is 5.32 Å². The van der Waals surface area contributed by atoms with Crippen LogP contribution in [0.3, 0.4) is 0 Å². The fourth-order valence-corrected chi connectivity index (χ4v) is 1.39. The molecular formula is C12H13BrF3NO. The topological polar surface area (TPSA) is 29.1 Å². The lowest BCUT2D eigenvalue weighted by Gasteiger charge is -2.16. The molecule has 2 nitrogen and oxygen atoms in total. The lowest BCUT2D eigenvalue weighted by molar-refractivity contribution is -0.137. The molecular weight excluding hydrogens is 311 g/mol. The second-order valence-corrected chi connectivity index (χ2v) is 6.34. The fourth-order valence-electron chi connectivity index (χ4n) is 1.25. The summed E-state index contributed by atoms with van der Waals surface area (Å²) in [6.07, 6.45) is -4.37. The van der Waals surface area contributed by atoms with Crippen LogP contribution in [0.4, 0.5) is 13.2 Å². The van der Waals surface area contributed by atoms with E-state index < -0.39 is 16.1 Å². The fraction of sp³-hybridized carbons (Fsp3) is 0.417. The molecule has 0 aliphatic rings. The Morgan fingerprint density at radius 2 is 1.94 bits per heavy atom. The molecule has 0 saturated heterocycles. The molecule has 100 valence electrons. The zero-order valence-electron chi connectivity index (χ0n) is 9.94. The Morgan fingerprint density at radius 1 is 1.33 bits per heavy atom. The number of alkyl halides is 4. The van der Waals surface area contributed by atoms with Crippen LogP contribution in [0.2, 0.25) is 0 Å². The standard InChI is InChI=1S/C12H13BrF3NO/c1-11(2,13)10(18)17-7-8-4-3-5-9(6-8)12(14,15)16/h3-6H,7H2,1-2H3,(H,17,18). The first kappa shape index (κ1) is 15.0. The maximum absolute atomic E-state index is 12.5. The normalized spacial score (nSPS) is 12.3. The summed E-state index contributed by atoms with van der Waals surface area (Å²) in [6.45, 7) is 3.39. The second-order valence-electron chi connectivity index (χ2n) is 4.35.